The fraction of sp³-hybridized carbons (Fsp3) is 0.200. The van der Waals surface area contributed by atoms with Gasteiger partial charge in [0.25, 0.3) is 0 Å². The lowest BCUT2D eigenvalue weighted by Crippen LogP contribution is -2.08. The van der Waals surface area contributed by atoms with Gasteiger partial charge < -0.3 is 9.05 Å². The topological polar surface area (TPSA) is 18.5 Å². The van der Waals surface area contributed by atoms with Crippen LogP contribution in [0.3, 0.4) is 0 Å². The first-order valence-corrected chi connectivity index (χ1v) is 6.83. The SMILES string of the molecule is C=CCOP(=S)(OC)c1ccccc1. The van der Waals surface area contributed by atoms with Gasteiger partial charge >= 0.3 is 0 Å². The van der Waals surface area contributed by atoms with Gasteiger partial charge in [-0.15, -0.1) is 6.58 Å². The molecule has 1 unspecified atom stereocenters. The summed E-state index contributed by atoms with van der Waals surface area (Å²) >= 11 is 5.35. The molecule has 76 valence electrons. The molecule has 0 bridgehead atoms. The number of benzene rings is 1. The van der Waals surface area contributed by atoms with Gasteiger partial charge in [0.15, 0.2) is 0 Å². The molecule has 0 N–H and O–H groups in total. The van der Waals surface area contributed by atoms with Crippen molar-refractivity contribution in [1.82, 2.24) is 0 Å². The first kappa shape index (κ1) is 11.6. The van der Waals surface area contributed by atoms with Crippen LogP contribution in [0.1, 0.15) is 0 Å². The van der Waals surface area contributed by atoms with Crippen molar-refractivity contribution in [2.24, 2.45) is 0 Å². The fourth-order valence-corrected chi connectivity index (χ4v) is 2.85. The van der Waals surface area contributed by atoms with Crippen LogP contribution in [-0.4, -0.2) is 13.7 Å². The van der Waals surface area contributed by atoms with E-state index in [1.54, 1.807) is 13.2 Å². The second kappa shape index (κ2) is 5.42. The Hall–Kier alpha value is -0.470. The first-order chi connectivity index (χ1) is 6.73. The van der Waals surface area contributed by atoms with Crippen molar-refractivity contribution >= 4 is 23.6 Å². The third-order valence-corrected chi connectivity index (χ3v) is 4.97. The minimum Gasteiger partial charge on any atom is -0.329 e. The molecule has 0 heterocycles. The lowest BCUT2D eigenvalue weighted by Gasteiger charge is -2.19. The third-order valence-electron chi connectivity index (χ3n) is 1.68. The Labute approximate surface area is 89.7 Å². The van der Waals surface area contributed by atoms with Crippen LogP contribution >= 0.6 is 6.49 Å². The molecule has 0 aliphatic heterocycles. The standard InChI is InChI=1S/C10H13O2PS/c1-3-9-12-13(14,11-2)10-7-5-4-6-8-10/h3-8H,1,9H2,2H3. The van der Waals surface area contributed by atoms with Gasteiger partial charge in [0.2, 0.25) is 6.49 Å². The summed E-state index contributed by atoms with van der Waals surface area (Å²) in [5.41, 5.74) is 0. The lowest BCUT2D eigenvalue weighted by molar-refractivity contribution is 0.318. The van der Waals surface area contributed by atoms with E-state index in [1.165, 1.54) is 0 Å². The van der Waals surface area contributed by atoms with Gasteiger partial charge in [-0.25, -0.2) is 0 Å². The van der Waals surface area contributed by atoms with Gasteiger partial charge in [-0.1, -0.05) is 24.3 Å². The molecule has 0 fully saturated rings. The Balaban J connectivity index is 2.90. The molecule has 0 radical (unpaired) electrons. The number of rotatable bonds is 5. The van der Waals surface area contributed by atoms with Crippen molar-refractivity contribution < 1.29 is 9.05 Å². The maximum Gasteiger partial charge on any atom is 0.219 e. The molecular formula is C10H13O2PS. The Morgan fingerprint density at radius 2 is 2.07 bits per heavy atom. The zero-order valence-corrected chi connectivity index (χ0v) is 9.76. The quantitative estimate of drug-likeness (QED) is 0.569. The first-order valence-electron chi connectivity index (χ1n) is 4.20. The van der Waals surface area contributed by atoms with Crippen LogP contribution in [0.4, 0.5) is 0 Å². The average Bonchev–Trinajstić information content (AvgIpc) is 2.27. The van der Waals surface area contributed by atoms with Gasteiger partial charge in [-0.2, -0.15) is 0 Å². The number of hydrogen-bond donors (Lipinski definition) is 0. The molecule has 0 aromatic heterocycles. The van der Waals surface area contributed by atoms with Crippen LogP contribution in [0.2, 0.25) is 0 Å². The highest BCUT2D eigenvalue weighted by Gasteiger charge is 2.18. The molecule has 0 saturated carbocycles. The molecule has 0 aliphatic carbocycles. The van der Waals surface area contributed by atoms with Crippen LogP contribution < -0.4 is 5.30 Å². The van der Waals surface area contributed by atoms with Crippen molar-refractivity contribution in [3.05, 3.63) is 43.0 Å². The van der Waals surface area contributed by atoms with Crippen molar-refractivity contribution in [3.8, 4) is 0 Å². The molecule has 0 saturated heterocycles. The molecule has 0 aliphatic rings. The fourth-order valence-electron chi connectivity index (χ4n) is 0.994. The smallest absolute Gasteiger partial charge is 0.219 e. The highest BCUT2D eigenvalue weighted by molar-refractivity contribution is 8.13. The average molecular weight is 228 g/mol. The molecule has 2 nitrogen and oxygen atoms in total. The Kier molecular flexibility index (Phi) is 4.49. The van der Waals surface area contributed by atoms with Gasteiger partial charge in [0, 0.05) is 12.4 Å². The summed E-state index contributed by atoms with van der Waals surface area (Å²) in [6, 6.07) is 9.63. The van der Waals surface area contributed by atoms with E-state index in [9.17, 15) is 0 Å². The molecule has 0 spiro atoms. The van der Waals surface area contributed by atoms with Crippen molar-refractivity contribution in [2.45, 2.75) is 0 Å². The molecule has 4 heteroatoms. The molecule has 14 heavy (non-hydrogen) atoms. The van der Waals surface area contributed by atoms with E-state index < -0.39 is 6.49 Å². The lowest BCUT2D eigenvalue weighted by atomic mass is 10.4. The Morgan fingerprint density at radius 3 is 2.57 bits per heavy atom. The highest BCUT2D eigenvalue weighted by atomic mass is 32.5. The maximum absolute atomic E-state index is 5.50. The molecule has 0 amide bonds. The second-order valence-electron chi connectivity index (χ2n) is 2.60. The monoisotopic (exact) mass is 228 g/mol. The molecule has 1 atom stereocenters. The van der Waals surface area contributed by atoms with Crippen molar-refractivity contribution in [2.75, 3.05) is 13.7 Å². The van der Waals surface area contributed by atoms with Gasteiger partial charge in [0.05, 0.1) is 6.61 Å². The van der Waals surface area contributed by atoms with E-state index in [2.05, 4.69) is 6.58 Å². The Bertz CT molecular complexity index is 337. The van der Waals surface area contributed by atoms with E-state index in [1.807, 2.05) is 30.3 Å². The summed E-state index contributed by atoms with van der Waals surface area (Å²) in [4.78, 5) is 0. The summed E-state index contributed by atoms with van der Waals surface area (Å²) in [5.74, 6) is 0. The predicted molar refractivity (Wildman–Crippen MR) is 63.5 cm³/mol. The zero-order chi connectivity index (χ0) is 10.4. The second-order valence-corrected chi connectivity index (χ2v) is 6.18. The van der Waals surface area contributed by atoms with Crippen molar-refractivity contribution in [3.63, 3.8) is 0 Å². The predicted octanol–water partition coefficient (Wildman–Crippen LogP) is 2.47. The normalized spacial score (nSPS) is 14.6. The molecule has 1 aromatic carbocycles. The summed E-state index contributed by atoms with van der Waals surface area (Å²) < 4.78 is 10.8. The summed E-state index contributed by atoms with van der Waals surface area (Å²) in [7, 11) is 1.58. The summed E-state index contributed by atoms with van der Waals surface area (Å²) in [6.45, 7) is 1.69. The zero-order valence-electron chi connectivity index (χ0n) is 8.05. The highest BCUT2D eigenvalue weighted by Crippen LogP contribution is 2.46. The molecule has 1 rings (SSSR count). The van der Waals surface area contributed by atoms with E-state index >= 15 is 0 Å². The van der Waals surface area contributed by atoms with Crippen LogP contribution in [0, 0.1) is 0 Å². The minimum atomic E-state index is -2.31. The Morgan fingerprint density at radius 1 is 1.43 bits per heavy atom. The summed E-state index contributed by atoms with van der Waals surface area (Å²) in [5, 5.41) is 0.930. The maximum atomic E-state index is 5.50. The minimum absolute atomic E-state index is 0.417. The molecular weight excluding hydrogens is 215 g/mol. The number of hydrogen-bond acceptors (Lipinski definition) is 3. The third kappa shape index (κ3) is 2.76. The van der Waals surface area contributed by atoms with Crippen molar-refractivity contribution in [1.29, 1.82) is 0 Å². The van der Waals surface area contributed by atoms with E-state index in [-0.39, 0.29) is 0 Å². The van der Waals surface area contributed by atoms with Gasteiger partial charge in [0.1, 0.15) is 0 Å². The van der Waals surface area contributed by atoms with Crippen LogP contribution in [0.15, 0.2) is 43.0 Å². The van der Waals surface area contributed by atoms with Gasteiger partial charge in [-0.05, 0) is 23.9 Å². The molecule has 1 aromatic rings. The van der Waals surface area contributed by atoms with Crippen LogP contribution in [0.25, 0.3) is 0 Å². The van der Waals surface area contributed by atoms with E-state index in [4.69, 9.17) is 20.9 Å². The summed E-state index contributed by atoms with van der Waals surface area (Å²) in [6.07, 6.45) is 1.67. The van der Waals surface area contributed by atoms with Crippen LogP contribution in [-0.2, 0) is 20.9 Å². The largest absolute Gasteiger partial charge is 0.329 e. The van der Waals surface area contributed by atoms with E-state index in [0.717, 1.165) is 5.30 Å². The van der Waals surface area contributed by atoms with Crippen LogP contribution in [0.5, 0.6) is 0 Å². The van der Waals surface area contributed by atoms with Gasteiger partial charge in [-0.3, -0.25) is 0 Å². The van der Waals surface area contributed by atoms with E-state index in [0.29, 0.717) is 6.61 Å².